The van der Waals surface area contributed by atoms with E-state index in [9.17, 15) is 4.79 Å². The SMILES string of the molecule is Cc1cc(C)cc(-n2c(S[C@H](C)c3ccccc3)nc3c([nH]c4ccccc43)c2=O)c1. The van der Waals surface area contributed by atoms with E-state index in [1.807, 2.05) is 54.6 Å². The van der Waals surface area contributed by atoms with Gasteiger partial charge in [0.15, 0.2) is 5.16 Å². The fourth-order valence-corrected chi connectivity index (χ4v) is 5.13. The molecule has 0 amide bonds. The molecule has 5 aromatic rings. The topological polar surface area (TPSA) is 50.7 Å². The maximum atomic E-state index is 13.7. The van der Waals surface area contributed by atoms with Crippen LogP contribution in [-0.4, -0.2) is 14.5 Å². The van der Waals surface area contributed by atoms with Gasteiger partial charge in [-0.2, -0.15) is 0 Å². The fourth-order valence-electron chi connectivity index (χ4n) is 4.08. The zero-order valence-electron chi connectivity index (χ0n) is 17.7. The van der Waals surface area contributed by atoms with Crippen LogP contribution in [0.15, 0.2) is 82.7 Å². The average Bonchev–Trinajstić information content (AvgIpc) is 3.13. The van der Waals surface area contributed by atoms with Crippen molar-refractivity contribution in [2.75, 3.05) is 0 Å². The Morgan fingerprint density at radius 3 is 2.35 bits per heavy atom. The highest BCUT2D eigenvalue weighted by molar-refractivity contribution is 7.99. The van der Waals surface area contributed by atoms with E-state index in [0.717, 1.165) is 33.2 Å². The second-order valence-corrected chi connectivity index (χ2v) is 9.25. The first-order chi connectivity index (χ1) is 15.0. The van der Waals surface area contributed by atoms with Crippen LogP contribution >= 0.6 is 11.8 Å². The molecule has 2 heterocycles. The van der Waals surface area contributed by atoms with Gasteiger partial charge in [0.2, 0.25) is 0 Å². The van der Waals surface area contributed by atoms with Crippen molar-refractivity contribution in [2.24, 2.45) is 0 Å². The lowest BCUT2D eigenvalue weighted by Crippen LogP contribution is -2.22. The van der Waals surface area contributed by atoms with Gasteiger partial charge in [0.25, 0.3) is 5.56 Å². The third-order valence-electron chi connectivity index (χ3n) is 5.51. The highest BCUT2D eigenvalue weighted by atomic mass is 32.2. The molecule has 1 N–H and O–H groups in total. The first-order valence-electron chi connectivity index (χ1n) is 10.3. The van der Waals surface area contributed by atoms with Gasteiger partial charge in [0.05, 0.1) is 5.69 Å². The molecule has 0 aliphatic rings. The largest absolute Gasteiger partial charge is 0.349 e. The molecule has 1 atom stereocenters. The number of H-pyrrole nitrogens is 1. The quantitative estimate of drug-likeness (QED) is 0.270. The van der Waals surface area contributed by atoms with Crippen molar-refractivity contribution in [3.8, 4) is 5.69 Å². The molecule has 0 radical (unpaired) electrons. The lowest BCUT2D eigenvalue weighted by atomic mass is 10.1. The van der Waals surface area contributed by atoms with E-state index < -0.39 is 0 Å². The van der Waals surface area contributed by atoms with Crippen molar-refractivity contribution in [2.45, 2.75) is 31.2 Å². The molecule has 0 unspecified atom stereocenters. The number of rotatable bonds is 4. The number of thioether (sulfide) groups is 1. The maximum Gasteiger partial charge on any atom is 0.283 e. The summed E-state index contributed by atoms with van der Waals surface area (Å²) in [5.41, 5.74) is 6.39. The van der Waals surface area contributed by atoms with E-state index >= 15 is 0 Å². The lowest BCUT2D eigenvalue weighted by molar-refractivity contribution is 0.812. The van der Waals surface area contributed by atoms with E-state index in [4.69, 9.17) is 4.98 Å². The Kier molecular flexibility index (Phi) is 4.91. The molecule has 5 rings (SSSR count). The van der Waals surface area contributed by atoms with Crippen LogP contribution in [0.4, 0.5) is 0 Å². The Hall–Kier alpha value is -3.31. The van der Waals surface area contributed by atoms with E-state index in [1.165, 1.54) is 5.56 Å². The second kappa shape index (κ2) is 7.75. The van der Waals surface area contributed by atoms with Crippen LogP contribution in [0.2, 0.25) is 0 Å². The number of para-hydroxylation sites is 1. The predicted octanol–water partition coefficient (Wildman–Crippen LogP) is 6.34. The second-order valence-electron chi connectivity index (χ2n) is 7.95. The van der Waals surface area contributed by atoms with Crippen LogP contribution in [-0.2, 0) is 0 Å². The zero-order valence-corrected chi connectivity index (χ0v) is 18.5. The van der Waals surface area contributed by atoms with Gasteiger partial charge < -0.3 is 4.98 Å². The summed E-state index contributed by atoms with van der Waals surface area (Å²) in [6.07, 6.45) is 0. The summed E-state index contributed by atoms with van der Waals surface area (Å²) < 4.78 is 1.75. The minimum absolute atomic E-state index is 0.0750. The molecular formula is C26H23N3OS. The van der Waals surface area contributed by atoms with Crippen molar-refractivity contribution in [1.82, 2.24) is 14.5 Å². The number of fused-ring (bicyclic) bond motifs is 3. The fraction of sp³-hybridized carbons (Fsp3) is 0.154. The van der Waals surface area contributed by atoms with Crippen LogP contribution in [0.1, 0.15) is 28.9 Å². The van der Waals surface area contributed by atoms with Gasteiger partial charge in [-0.15, -0.1) is 0 Å². The summed E-state index contributed by atoms with van der Waals surface area (Å²) in [6, 6.07) is 24.5. The normalized spacial score (nSPS) is 12.5. The number of aromatic nitrogens is 3. The summed E-state index contributed by atoms with van der Waals surface area (Å²) in [7, 11) is 0. The molecule has 5 heteroatoms. The number of benzene rings is 3. The highest BCUT2D eigenvalue weighted by Crippen LogP contribution is 2.35. The standard InChI is InChI=1S/C26H23N3OS/c1-16-13-17(2)15-20(14-16)29-25(30)24-23(21-11-7-8-12-22(21)27-24)28-26(29)31-18(3)19-9-5-4-6-10-19/h4-15,18,27H,1-3H3/t18-/m1/s1. The molecule has 0 spiro atoms. The third-order valence-corrected chi connectivity index (χ3v) is 6.62. The van der Waals surface area contributed by atoms with Crippen molar-refractivity contribution < 1.29 is 0 Å². The molecule has 2 aromatic heterocycles. The van der Waals surface area contributed by atoms with Gasteiger partial charge in [-0.3, -0.25) is 9.36 Å². The van der Waals surface area contributed by atoms with Gasteiger partial charge in [0.1, 0.15) is 11.0 Å². The molecule has 31 heavy (non-hydrogen) atoms. The Labute approximate surface area is 185 Å². The lowest BCUT2D eigenvalue weighted by Gasteiger charge is -2.17. The summed E-state index contributed by atoms with van der Waals surface area (Å²) in [5, 5.41) is 1.81. The van der Waals surface area contributed by atoms with Gasteiger partial charge in [-0.25, -0.2) is 4.98 Å². The minimum Gasteiger partial charge on any atom is -0.349 e. The number of aromatic amines is 1. The van der Waals surface area contributed by atoms with E-state index in [1.54, 1.807) is 16.3 Å². The molecule has 0 saturated carbocycles. The van der Waals surface area contributed by atoms with E-state index in [-0.39, 0.29) is 10.8 Å². The predicted molar refractivity (Wildman–Crippen MR) is 129 cm³/mol. The molecule has 0 bridgehead atoms. The monoisotopic (exact) mass is 425 g/mol. The van der Waals surface area contributed by atoms with Crippen molar-refractivity contribution in [1.29, 1.82) is 0 Å². The summed E-state index contributed by atoms with van der Waals surface area (Å²) in [6.45, 7) is 6.25. The average molecular weight is 426 g/mol. The van der Waals surface area contributed by atoms with Crippen molar-refractivity contribution >= 4 is 33.7 Å². The molecule has 0 aliphatic heterocycles. The molecule has 154 valence electrons. The number of hydrogen-bond donors (Lipinski definition) is 1. The Morgan fingerprint density at radius 1 is 0.935 bits per heavy atom. The van der Waals surface area contributed by atoms with Crippen molar-refractivity contribution in [3.63, 3.8) is 0 Å². The van der Waals surface area contributed by atoms with Gasteiger partial charge in [-0.1, -0.05) is 66.4 Å². The molecule has 0 aliphatic carbocycles. The summed E-state index contributed by atoms with van der Waals surface area (Å²) in [4.78, 5) is 22.1. The Bertz CT molecular complexity index is 1450. The molecule has 0 fully saturated rings. The molecule has 3 aromatic carbocycles. The van der Waals surface area contributed by atoms with Crippen molar-refractivity contribution in [3.05, 3.63) is 99.8 Å². The molecule has 0 saturated heterocycles. The maximum absolute atomic E-state index is 13.7. The number of nitrogens with one attached hydrogen (secondary N) is 1. The number of hydrogen-bond acceptors (Lipinski definition) is 3. The van der Waals surface area contributed by atoms with Gasteiger partial charge in [0, 0.05) is 16.2 Å². The van der Waals surface area contributed by atoms with E-state index in [2.05, 4.69) is 44.0 Å². The first-order valence-corrected chi connectivity index (χ1v) is 11.2. The van der Waals surface area contributed by atoms with Crippen LogP contribution in [0.25, 0.3) is 27.6 Å². The van der Waals surface area contributed by atoms with Gasteiger partial charge in [-0.05, 0) is 55.7 Å². The molecular weight excluding hydrogens is 402 g/mol. The molecule has 4 nitrogen and oxygen atoms in total. The van der Waals surface area contributed by atoms with Gasteiger partial charge >= 0.3 is 0 Å². The summed E-state index contributed by atoms with van der Waals surface area (Å²) >= 11 is 1.61. The van der Waals surface area contributed by atoms with Crippen LogP contribution in [0.3, 0.4) is 0 Å². The van der Waals surface area contributed by atoms with Crippen LogP contribution in [0.5, 0.6) is 0 Å². The summed E-state index contributed by atoms with van der Waals surface area (Å²) in [5.74, 6) is 0. The minimum atomic E-state index is -0.0750. The Morgan fingerprint density at radius 2 is 1.61 bits per heavy atom. The smallest absolute Gasteiger partial charge is 0.283 e. The first kappa shape index (κ1) is 19.6. The number of aryl methyl sites for hydroxylation is 2. The van der Waals surface area contributed by atoms with E-state index in [0.29, 0.717) is 10.7 Å². The van der Waals surface area contributed by atoms with Crippen LogP contribution < -0.4 is 5.56 Å². The van der Waals surface area contributed by atoms with Crippen LogP contribution in [0, 0.1) is 13.8 Å². The Balaban J connectivity index is 1.78. The number of nitrogens with zero attached hydrogens (tertiary/aromatic N) is 2. The zero-order chi connectivity index (χ0) is 21.5. The third kappa shape index (κ3) is 3.55. The highest BCUT2D eigenvalue weighted by Gasteiger charge is 2.19.